The molecule has 2 rings (SSSR count). The Bertz CT molecular complexity index is 558. The zero-order valence-corrected chi connectivity index (χ0v) is 15.1. The summed E-state index contributed by atoms with van der Waals surface area (Å²) < 4.78 is 0. The van der Waals surface area contributed by atoms with Crippen molar-refractivity contribution >= 4 is 0 Å². The van der Waals surface area contributed by atoms with Crippen molar-refractivity contribution in [1.29, 1.82) is 0 Å². The van der Waals surface area contributed by atoms with Gasteiger partial charge < -0.3 is 4.98 Å². The van der Waals surface area contributed by atoms with Gasteiger partial charge in [0.2, 0.25) is 0 Å². The van der Waals surface area contributed by atoms with E-state index in [0.717, 1.165) is 5.69 Å². The molecule has 1 aromatic carbocycles. The predicted octanol–water partition coefficient (Wildman–Crippen LogP) is 6.50. The van der Waals surface area contributed by atoms with Crippen LogP contribution in [0.4, 0.5) is 0 Å². The molecule has 0 aliphatic heterocycles. The number of nitrogens with one attached hydrogen (secondary N) is 1. The lowest BCUT2D eigenvalue weighted by Crippen LogP contribution is -2.23. The van der Waals surface area contributed by atoms with Gasteiger partial charge >= 0.3 is 0 Å². The number of aromatic amines is 1. The van der Waals surface area contributed by atoms with Crippen LogP contribution in [-0.4, -0.2) is 9.97 Å². The fraction of sp³-hybridized carbons (Fsp3) is 0.571. The van der Waals surface area contributed by atoms with Gasteiger partial charge in [0, 0.05) is 5.41 Å². The molecule has 0 saturated carbocycles. The summed E-state index contributed by atoms with van der Waals surface area (Å²) in [4.78, 5) is 8.37. The van der Waals surface area contributed by atoms with Crippen molar-refractivity contribution in [2.75, 3.05) is 0 Å². The molecule has 0 spiro atoms. The lowest BCUT2D eigenvalue weighted by atomic mass is 9.79. The van der Waals surface area contributed by atoms with Gasteiger partial charge in [0.15, 0.2) is 0 Å². The highest BCUT2D eigenvalue weighted by Gasteiger charge is 2.28. The molecule has 23 heavy (non-hydrogen) atoms. The zero-order chi connectivity index (χ0) is 16.5. The van der Waals surface area contributed by atoms with Gasteiger partial charge in [0.25, 0.3) is 0 Å². The molecule has 0 saturated heterocycles. The Morgan fingerprint density at radius 2 is 1.61 bits per heavy atom. The topological polar surface area (TPSA) is 28.7 Å². The van der Waals surface area contributed by atoms with Crippen LogP contribution < -0.4 is 0 Å². The van der Waals surface area contributed by atoms with Crippen molar-refractivity contribution in [3.05, 3.63) is 42.4 Å². The summed E-state index contributed by atoms with van der Waals surface area (Å²) in [5, 5.41) is 0. The standard InChI is InChI=1S/C21H32N2/c1-4-6-8-12-16-21(3,15-7-5-2)20-22-17-19(23-20)18-13-10-9-11-14-18/h9-11,13-14,17H,4-8,12,15-16H2,1-3H3,(H,22,23). The third-order valence-corrected chi connectivity index (χ3v) is 4.90. The molecule has 1 N–H and O–H groups in total. The van der Waals surface area contributed by atoms with Crippen molar-refractivity contribution in [3.8, 4) is 11.3 Å². The van der Waals surface area contributed by atoms with Crippen molar-refractivity contribution in [1.82, 2.24) is 9.97 Å². The van der Waals surface area contributed by atoms with Crippen molar-refractivity contribution in [2.24, 2.45) is 0 Å². The Morgan fingerprint density at radius 1 is 0.913 bits per heavy atom. The maximum atomic E-state index is 4.76. The number of rotatable bonds is 10. The average molecular weight is 313 g/mol. The molecule has 0 fully saturated rings. The summed E-state index contributed by atoms with van der Waals surface area (Å²) in [6, 6.07) is 10.5. The van der Waals surface area contributed by atoms with E-state index in [2.05, 4.69) is 56.1 Å². The van der Waals surface area contributed by atoms with Gasteiger partial charge in [-0.05, 0) is 18.4 Å². The molecule has 0 radical (unpaired) electrons. The first-order valence-corrected chi connectivity index (χ1v) is 9.30. The summed E-state index contributed by atoms with van der Waals surface area (Å²) in [6.07, 6.45) is 12.2. The van der Waals surface area contributed by atoms with Crippen molar-refractivity contribution in [3.63, 3.8) is 0 Å². The molecule has 0 aliphatic carbocycles. The lowest BCUT2D eigenvalue weighted by Gasteiger charge is -2.27. The van der Waals surface area contributed by atoms with E-state index in [9.17, 15) is 0 Å². The number of unbranched alkanes of at least 4 members (excludes halogenated alkanes) is 4. The van der Waals surface area contributed by atoms with E-state index in [-0.39, 0.29) is 5.41 Å². The normalized spacial score (nSPS) is 13.9. The van der Waals surface area contributed by atoms with Gasteiger partial charge in [-0.3, -0.25) is 0 Å². The number of hydrogen-bond acceptors (Lipinski definition) is 1. The fourth-order valence-corrected chi connectivity index (χ4v) is 3.26. The third kappa shape index (κ3) is 4.95. The van der Waals surface area contributed by atoms with E-state index < -0.39 is 0 Å². The molecule has 1 atom stereocenters. The Morgan fingerprint density at radius 3 is 2.30 bits per heavy atom. The Balaban J connectivity index is 2.13. The summed E-state index contributed by atoms with van der Waals surface area (Å²) in [6.45, 7) is 6.94. The van der Waals surface area contributed by atoms with Gasteiger partial charge in [-0.1, -0.05) is 89.6 Å². The third-order valence-electron chi connectivity index (χ3n) is 4.90. The molecule has 2 heteroatoms. The Kier molecular flexibility index (Phi) is 6.88. The van der Waals surface area contributed by atoms with Crippen LogP contribution in [0.1, 0.15) is 78.0 Å². The highest BCUT2D eigenvalue weighted by atomic mass is 14.9. The minimum atomic E-state index is 0.177. The van der Waals surface area contributed by atoms with Crippen LogP contribution in [0.5, 0.6) is 0 Å². The van der Waals surface area contributed by atoms with Crippen LogP contribution in [0.25, 0.3) is 11.3 Å². The molecule has 1 aromatic heterocycles. The summed E-state index contributed by atoms with van der Waals surface area (Å²) >= 11 is 0. The maximum absolute atomic E-state index is 4.76. The Hall–Kier alpha value is -1.57. The van der Waals surface area contributed by atoms with Gasteiger partial charge in [-0.15, -0.1) is 0 Å². The summed E-state index contributed by atoms with van der Waals surface area (Å²) in [5.41, 5.74) is 2.53. The molecule has 126 valence electrons. The smallest absolute Gasteiger partial charge is 0.112 e. The minimum absolute atomic E-state index is 0.177. The van der Waals surface area contributed by atoms with Gasteiger partial charge in [0.05, 0.1) is 11.9 Å². The lowest BCUT2D eigenvalue weighted by molar-refractivity contribution is 0.352. The summed E-state index contributed by atoms with van der Waals surface area (Å²) in [7, 11) is 0. The van der Waals surface area contributed by atoms with E-state index in [1.165, 1.54) is 62.8 Å². The zero-order valence-electron chi connectivity index (χ0n) is 15.1. The number of aromatic nitrogens is 2. The number of benzene rings is 1. The summed E-state index contributed by atoms with van der Waals surface area (Å²) in [5.74, 6) is 1.17. The second-order valence-electron chi connectivity index (χ2n) is 6.99. The highest BCUT2D eigenvalue weighted by molar-refractivity contribution is 5.58. The first-order chi connectivity index (χ1) is 11.2. The monoisotopic (exact) mass is 312 g/mol. The highest BCUT2D eigenvalue weighted by Crippen LogP contribution is 2.34. The second-order valence-corrected chi connectivity index (χ2v) is 6.99. The predicted molar refractivity (Wildman–Crippen MR) is 99.7 cm³/mol. The number of H-pyrrole nitrogens is 1. The molecule has 0 aliphatic rings. The van der Waals surface area contributed by atoms with Crippen LogP contribution in [0, 0.1) is 0 Å². The molecule has 1 unspecified atom stereocenters. The number of hydrogen-bond donors (Lipinski definition) is 1. The van der Waals surface area contributed by atoms with Crippen molar-refractivity contribution < 1.29 is 0 Å². The van der Waals surface area contributed by atoms with E-state index in [1.54, 1.807) is 0 Å². The van der Waals surface area contributed by atoms with Crippen LogP contribution in [0.15, 0.2) is 36.5 Å². The van der Waals surface area contributed by atoms with E-state index in [1.807, 2.05) is 6.20 Å². The van der Waals surface area contributed by atoms with Crippen LogP contribution in [0.3, 0.4) is 0 Å². The van der Waals surface area contributed by atoms with Crippen LogP contribution in [0.2, 0.25) is 0 Å². The number of nitrogens with zero attached hydrogens (tertiary/aromatic N) is 1. The minimum Gasteiger partial charge on any atom is -0.342 e. The van der Waals surface area contributed by atoms with E-state index in [0.29, 0.717) is 0 Å². The molecule has 2 nitrogen and oxygen atoms in total. The maximum Gasteiger partial charge on any atom is 0.112 e. The van der Waals surface area contributed by atoms with Crippen LogP contribution in [-0.2, 0) is 5.41 Å². The largest absolute Gasteiger partial charge is 0.342 e. The van der Waals surface area contributed by atoms with E-state index >= 15 is 0 Å². The molecule has 1 heterocycles. The molecule has 2 aromatic rings. The van der Waals surface area contributed by atoms with Crippen molar-refractivity contribution in [2.45, 2.75) is 77.6 Å². The SMILES string of the molecule is CCCCCCC(C)(CCCC)c1ncc(-c2ccccc2)[nH]1. The fourth-order valence-electron chi connectivity index (χ4n) is 3.26. The first kappa shape index (κ1) is 17.8. The Labute approximate surface area is 141 Å². The first-order valence-electron chi connectivity index (χ1n) is 9.30. The van der Waals surface area contributed by atoms with Gasteiger partial charge in [-0.2, -0.15) is 0 Å². The molecule has 0 bridgehead atoms. The van der Waals surface area contributed by atoms with E-state index in [4.69, 9.17) is 4.98 Å². The van der Waals surface area contributed by atoms with Gasteiger partial charge in [-0.25, -0.2) is 4.98 Å². The molecular weight excluding hydrogens is 280 g/mol. The molecular formula is C21H32N2. The van der Waals surface area contributed by atoms with Gasteiger partial charge in [0.1, 0.15) is 5.82 Å². The van der Waals surface area contributed by atoms with Crippen LogP contribution >= 0.6 is 0 Å². The second kappa shape index (κ2) is 8.90. The average Bonchev–Trinajstić information content (AvgIpc) is 3.09. The molecule has 0 amide bonds. The number of imidazole rings is 1. The quantitative estimate of drug-likeness (QED) is 0.499.